The van der Waals surface area contributed by atoms with Gasteiger partial charge in [0.2, 0.25) is 5.91 Å². The first-order chi connectivity index (χ1) is 15.0. The molecule has 6 heteroatoms. The third-order valence-corrected chi connectivity index (χ3v) is 7.15. The number of rotatable bonds is 8. The van der Waals surface area contributed by atoms with Gasteiger partial charge in [0.15, 0.2) is 0 Å². The first-order valence-electron chi connectivity index (χ1n) is 11.8. The topological polar surface area (TPSA) is 105 Å². The minimum Gasteiger partial charge on any atom is -0.467 e. The van der Waals surface area contributed by atoms with Gasteiger partial charge < -0.3 is 15.8 Å². The molecule has 1 aromatic rings. The highest BCUT2D eigenvalue weighted by molar-refractivity contribution is 5.94. The van der Waals surface area contributed by atoms with E-state index in [1.807, 2.05) is 24.3 Å². The van der Waals surface area contributed by atoms with Crippen LogP contribution in [0.2, 0.25) is 0 Å². The Hall–Kier alpha value is -2.37. The number of nitrogens with two attached hydrogens (primary N) is 1. The molecule has 0 heterocycles. The number of amidine groups is 1. The maximum atomic E-state index is 13.5. The molecule has 0 aliphatic heterocycles. The van der Waals surface area contributed by atoms with Crippen molar-refractivity contribution >= 4 is 17.7 Å². The van der Waals surface area contributed by atoms with Crippen molar-refractivity contribution < 1.29 is 14.3 Å². The molecule has 2 aliphatic carbocycles. The van der Waals surface area contributed by atoms with E-state index in [0.29, 0.717) is 17.9 Å². The minimum absolute atomic E-state index is 0.0245. The Labute approximate surface area is 185 Å². The lowest BCUT2D eigenvalue weighted by Gasteiger charge is -2.33. The van der Waals surface area contributed by atoms with Crippen LogP contribution in [-0.2, 0) is 20.7 Å². The predicted molar refractivity (Wildman–Crippen MR) is 122 cm³/mol. The third kappa shape index (κ3) is 6.31. The largest absolute Gasteiger partial charge is 0.467 e. The van der Waals surface area contributed by atoms with Gasteiger partial charge in [-0.1, -0.05) is 62.8 Å². The molecule has 4 N–H and O–H groups in total. The molecule has 170 valence electrons. The van der Waals surface area contributed by atoms with Crippen LogP contribution < -0.4 is 11.1 Å². The summed E-state index contributed by atoms with van der Waals surface area (Å²) in [4.78, 5) is 26.1. The molecule has 1 amide bonds. The van der Waals surface area contributed by atoms with Crippen LogP contribution in [0.25, 0.3) is 0 Å². The van der Waals surface area contributed by atoms with Crippen LogP contribution in [0.3, 0.4) is 0 Å². The average Bonchev–Trinajstić information content (AvgIpc) is 2.81. The van der Waals surface area contributed by atoms with Crippen LogP contribution in [0.15, 0.2) is 24.3 Å². The molecule has 6 nitrogen and oxygen atoms in total. The fourth-order valence-electron chi connectivity index (χ4n) is 5.31. The molecule has 3 rings (SSSR count). The minimum atomic E-state index is -0.552. The van der Waals surface area contributed by atoms with E-state index >= 15 is 0 Å². The van der Waals surface area contributed by atoms with Crippen LogP contribution in [0.1, 0.15) is 75.3 Å². The van der Waals surface area contributed by atoms with Gasteiger partial charge in [-0.25, -0.2) is 4.79 Å². The summed E-state index contributed by atoms with van der Waals surface area (Å²) >= 11 is 0. The lowest BCUT2D eigenvalue weighted by atomic mass is 9.76. The lowest BCUT2D eigenvalue weighted by Crippen LogP contribution is -2.50. The Morgan fingerprint density at radius 2 is 1.55 bits per heavy atom. The number of carbonyl (C=O) groups is 2. The molecule has 2 aliphatic rings. The van der Waals surface area contributed by atoms with Gasteiger partial charge >= 0.3 is 5.97 Å². The van der Waals surface area contributed by atoms with Crippen LogP contribution >= 0.6 is 0 Å². The molecule has 0 aromatic heterocycles. The number of nitrogen functional groups attached to an aromatic ring is 1. The van der Waals surface area contributed by atoms with Gasteiger partial charge in [-0.15, -0.1) is 0 Å². The Kier molecular flexibility index (Phi) is 8.50. The Balaban J connectivity index is 1.77. The second-order valence-corrected chi connectivity index (χ2v) is 9.23. The van der Waals surface area contributed by atoms with Crippen molar-refractivity contribution in [1.29, 1.82) is 5.41 Å². The van der Waals surface area contributed by atoms with Crippen molar-refractivity contribution in [2.24, 2.45) is 23.5 Å². The monoisotopic (exact) mass is 427 g/mol. The van der Waals surface area contributed by atoms with Crippen LogP contribution in [-0.4, -0.2) is 30.9 Å². The lowest BCUT2D eigenvalue weighted by molar-refractivity contribution is -0.148. The van der Waals surface area contributed by atoms with Gasteiger partial charge in [0.05, 0.1) is 7.11 Å². The number of esters is 1. The molecule has 1 aromatic carbocycles. The van der Waals surface area contributed by atoms with Crippen molar-refractivity contribution in [1.82, 2.24) is 5.32 Å². The molecule has 0 spiro atoms. The summed E-state index contributed by atoms with van der Waals surface area (Å²) in [6, 6.07) is 7.04. The van der Waals surface area contributed by atoms with Crippen molar-refractivity contribution in [3.63, 3.8) is 0 Å². The van der Waals surface area contributed by atoms with E-state index in [1.165, 1.54) is 20.0 Å². The second-order valence-electron chi connectivity index (χ2n) is 9.23. The summed E-state index contributed by atoms with van der Waals surface area (Å²) in [6.07, 6.45) is 11.6. The zero-order valence-electron chi connectivity index (χ0n) is 18.7. The van der Waals surface area contributed by atoms with Gasteiger partial charge in [0.25, 0.3) is 0 Å². The van der Waals surface area contributed by atoms with E-state index in [9.17, 15) is 9.59 Å². The Morgan fingerprint density at radius 3 is 2.06 bits per heavy atom. The van der Waals surface area contributed by atoms with E-state index in [-0.39, 0.29) is 29.5 Å². The molecule has 2 saturated carbocycles. The first-order valence-corrected chi connectivity index (χ1v) is 11.8. The van der Waals surface area contributed by atoms with E-state index in [2.05, 4.69) is 5.32 Å². The quantitative estimate of drug-likeness (QED) is 0.332. The Morgan fingerprint density at radius 1 is 1.00 bits per heavy atom. The summed E-state index contributed by atoms with van der Waals surface area (Å²) in [5, 5.41) is 10.7. The fraction of sp³-hybridized carbons (Fsp3) is 0.640. The smallest absolute Gasteiger partial charge is 0.328 e. The summed E-state index contributed by atoms with van der Waals surface area (Å²) in [6.45, 7) is 0. The van der Waals surface area contributed by atoms with Gasteiger partial charge in [0, 0.05) is 11.5 Å². The highest BCUT2D eigenvalue weighted by Gasteiger charge is 2.36. The van der Waals surface area contributed by atoms with Crippen LogP contribution in [0, 0.1) is 23.2 Å². The molecule has 0 radical (unpaired) electrons. The second kappa shape index (κ2) is 11.3. The molecule has 0 saturated heterocycles. The third-order valence-electron chi connectivity index (χ3n) is 7.15. The zero-order chi connectivity index (χ0) is 22.2. The van der Waals surface area contributed by atoms with Crippen molar-refractivity contribution in [2.45, 2.75) is 76.7 Å². The SMILES string of the molecule is COC(=O)[C@@H](NC(=O)C(Cc1ccc(C(=N)N)cc1)C1CCCCC1)C1CCCCC1. The number of hydrogen-bond acceptors (Lipinski definition) is 4. The average molecular weight is 428 g/mol. The molecular weight excluding hydrogens is 390 g/mol. The summed E-state index contributed by atoms with van der Waals surface area (Å²) in [7, 11) is 1.40. The number of amides is 1. The normalized spacial score (nSPS) is 19.9. The van der Waals surface area contributed by atoms with E-state index in [0.717, 1.165) is 56.9 Å². The highest BCUT2D eigenvalue weighted by Crippen LogP contribution is 2.33. The molecule has 2 fully saturated rings. The summed E-state index contributed by atoms with van der Waals surface area (Å²) in [5.74, 6) is 0.00983. The van der Waals surface area contributed by atoms with Gasteiger partial charge in [-0.3, -0.25) is 10.2 Å². The van der Waals surface area contributed by atoms with Crippen LogP contribution in [0.5, 0.6) is 0 Å². The van der Waals surface area contributed by atoms with E-state index in [1.54, 1.807) is 0 Å². The maximum Gasteiger partial charge on any atom is 0.328 e. The number of carbonyl (C=O) groups excluding carboxylic acids is 2. The van der Waals surface area contributed by atoms with Gasteiger partial charge in [-0.2, -0.15) is 0 Å². The summed E-state index contributed by atoms with van der Waals surface area (Å²) in [5.41, 5.74) is 7.32. The first kappa shape index (κ1) is 23.3. The number of benzene rings is 1. The van der Waals surface area contributed by atoms with Gasteiger partial charge in [0.1, 0.15) is 11.9 Å². The fourth-order valence-corrected chi connectivity index (χ4v) is 5.31. The molecule has 31 heavy (non-hydrogen) atoms. The van der Waals surface area contributed by atoms with Crippen molar-refractivity contribution in [3.05, 3.63) is 35.4 Å². The van der Waals surface area contributed by atoms with E-state index < -0.39 is 6.04 Å². The number of nitrogens with one attached hydrogen (secondary N) is 2. The molecule has 1 unspecified atom stereocenters. The zero-order valence-corrected chi connectivity index (χ0v) is 18.7. The highest BCUT2D eigenvalue weighted by atomic mass is 16.5. The maximum absolute atomic E-state index is 13.5. The molecular formula is C25H37N3O3. The predicted octanol–water partition coefficient (Wildman–Crippen LogP) is 3.95. The number of methoxy groups -OCH3 is 1. The standard InChI is InChI=1S/C25H37N3O3/c1-31-25(30)22(19-10-6-3-7-11-19)28-24(29)21(18-8-4-2-5-9-18)16-17-12-14-20(15-13-17)23(26)27/h12-15,18-19,21-22H,2-11,16H2,1H3,(H3,26,27)(H,28,29)/t21?,22-/m0/s1. The Bertz CT molecular complexity index is 750. The van der Waals surface area contributed by atoms with E-state index in [4.69, 9.17) is 15.9 Å². The van der Waals surface area contributed by atoms with Gasteiger partial charge in [-0.05, 0) is 49.5 Å². The molecule has 2 atom stereocenters. The van der Waals surface area contributed by atoms with Crippen molar-refractivity contribution in [2.75, 3.05) is 7.11 Å². The van der Waals surface area contributed by atoms with Crippen molar-refractivity contribution in [3.8, 4) is 0 Å². The molecule has 0 bridgehead atoms. The van der Waals surface area contributed by atoms with Crippen LogP contribution in [0.4, 0.5) is 0 Å². The summed E-state index contributed by atoms with van der Waals surface area (Å²) < 4.78 is 5.06. The number of hydrogen-bond donors (Lipinski definition) is 3. The number of ether oxygens (including phenoxy) is 1.